The standard InChI is InChI=1S/C23H17N/c1-4-18-5-9-20(10-6-18)22-13-16(2)17(3)23(14-22)21-11-7-19(15-24)8-12-21/h1,5-14H,2-3H3. The first-order valence-electron chi connectivity index (χ1n) is 7.81. The lowest BCUT2D eigenvalue weighted by molar-refractivity contribution is 1.34. The summed E-state index contributed by atoms with van der Waals surface area (Å²) in [6, 6.07) is 22.3. The summed E-state index contributed by atoms with van der Waals surface area (Å²) in [5.74, 6) is 2.65. The normalized spacial score (nSPS) is 10.0. The molecule has 0 amide bonds. The maximum absolute atomic E-state index is 8.97. The zero-order valence-electron chi connectivity index (χ0n) is 13.8. The minimum absolute atomic E-state index is 0.675. The molecular formula is C23H17N. The first kappa shape index (κ1) is 15.6. The maximum atomic E-state index is 8.97. The van der Waals surface area contributed by atoms with Crippen molar-refractivity contribution in [3.8, 4) is 40.7 Å². The Balaban J connectivity index is 2.11. The fourth-order valence-corrected chi connectivity index (χ4v) is 2.81. The predicted octanol–water partition coefficient (Wildman–Crippen LogP) is 5.49. The van der Waals surface area contributed by atoms with Crippen molar-refractivity contribution in [2.45, 2.75) is 13.8 Å². The van der Waals surface area contributed by atoms with Gasteiger partial charge in [0.1, 0.15) is 0 Å². The van der Waals surface area contributed by atoms with Crippen LogP contribution in [0.25, 0.3) is 22.3 Å². The van der Waals surface area contributed by atoms with Gasteiger partial charge in [-0.3, -0.25) is 0 Å². The summed E-state index contributed by atoms with van der Waals surface area (Å²) in [4.78, 5) is 0. The van der Waals surface area contributed by atoms with Gasteiger partial charge in [-0.2, -0.15) is 5.26 Å². The molecular weight excluding hydrogens is 290 g/mol. The third-order valence-electron chi connectivity index (χ3n) is 4.38. The van der Waals surface area contributed by atoms with E-state index in [1.807, 2.05) is 36.4 Å². The van der Waals surface area contributed by atoms with Gasteiger partial charge in [-0.25, -0.2) is 0 Å². The van der Waals surface area contributed by atoms with Crippen molar-refractivity contribution in [2.24, 2.45) is 0 Å². The Hall–Kier alpha value is -3.29. The Kier molecular flexibility index (Phi) is 4.19. The molecule has 3 aromatic rings. The molecule has 0 spiro atoms. The number of hydrogen-bond acceptors (Lipinski definition) is 1. The Labute approximate surface area is 143 Å². The molecule has 1 nitrogen and oxygen atoms in total. The molecule has 0 fully saturated rings. The molecule has 3 rings (SSSR count). The van der Waals surface area contributed by atoms with Crippen molar-refractivity contribution in [1.82, 2.24) is 0 Å². The molecule has 3 aromatic carbocycles. The van der Waals surface area contributed by atoms with Gasteiger partial charge in [-0.05, 0) is 77.6 Å². The Morgan fingerprint density at radius 1 is 0.750 bits per heavy atom. The van der Waals surface area contributed by atoms with E-state index in [0.29, 0.717) is 5.56 Å². The largest absolute Gasteiger partial charge is 0.192 e. The summed E-state index contributed by atoms with van der Waals surface area (Å²) in [6.45, 7) is 4.26. The number of nitrogens with zero attached hydrogens (tertiary/aromatic N) is 1. The van der Waals surface area contributed by atoms with Gasteiger partial charge >= 0.3 is 0 Å². The van der Waals surface area contributed by atoms with E-state index in [1.54, 1.807) is 0 Å². The average Bonchev–Trinajstić information content (AvgIpc) is 2.64. The summed E-state index contributed by atoms with van der Waals surface area (Å²) in [5.41, 5.74) is 8.68. The van der Waals surface area contributed by atoms with Crippen LogP contribution in [0.2, 0.25) is 0 Å². The highest BCUT2D eigenvalue weighted by Crippen LogP contribution is 2.32. The molecule has 0 N–H and O–H groups in total. The molecule has 0 aliphatic carbocycles. The number of rotatable bonds is 2. The Morgan fingerprint density at radius 2 is 1.33 bits per heavy atom. The molecule has 0 aliphatic rings. The smallest absolute Gasteiger partial charge is 0.0991 e. The van der Waals surface area contributed by atoms with Crippen LogP contribution in [-0.4, -0.2) is 0 Å². The van der Waals surface area contributed by atoms with Crippen LogP contribution in [-0.2, 0) is 0 Å². The van der Waals surface area contributed by atoms with E-state index in [1.165, 1.54) is 22.3 Å². The van der Waals surface area contributed by atoms with E-state index in [4.69, 9.17) is 11.7 Å². The molecule has 0 radical (unpaired) electrons. The van der Waals surface area contributed by atoms with Crippen molar-refractivity contribution in [2.75, 3.05) is 0 Å². The molecule has 0 saturated heterocycles. The van der Waals surface area contributed by atoms with Crippen molar-refractivity contribution in [1.29, 1.82) is 5.26 Å². The van der Waals surface area contributed by atoms with Crippen molar-refractivity contribution >= 4 is 0 Å². The molecule has 0 aliphatic heterocycles. The van der Waals surface area contributed by atoms with Crippen LogP contribution in [0, 0.1) is 37.5 Å². The first-order chi connectivity index (χ1) is 11.6. The Bertz CT molecular complexity index is 963. The molecule has 0 atom stereocenters. The Morgan fingerprint density at radius 3 is 1.92 bits per heavy atom. The molecule has 0 heterocycles. The molecule has 24 heavy (non-hydrogen) atoms. The van der Waals surface area contributed by atoms with Crippen LogP contribution in [0.1, 0.15) is 22.3 Å². The second kappa shape index (κ2) is 6.45. The van der Waals surface area contributed by atoms with Gasteiger partial charge < -0.3 is 0 Å². The summed E-state index contributed by atoms with van der Waals surface area (Å²) >= 11 is 0. The van der Waals surface area contributed by atoms with Gasteiger partial charge in [0, 0.05) is 5.56 Å². The minimum atomic E-state index is 0.675. The lowest BCUT2D eigenvalue weighted by Crippen LogP contribution is -1.91. The van der Waals surface area contributed by atoms with Crippen molar-refractivity contribution < 1.29 is 0 Å². The van der Waals surface area contributed by atoms with Crippen LogP contribution < -0.4 is 0 Å². The molecule has 0 saturated carbocycles. The van der Waals surface area contributed by atoms with E-state index in [-0.39, 0.29) is 0 Å². The third kappa shape index (κ3) is 2.94. The predicted molar refractivity (Wildman–Crippen MR) is 99.4 cm³/mol. The number of aryl methyl sites for hydroxylation is 1. The van der Waals surface area contributed by atoms with Gasteiger partial charge in [0.25, 0.3) is 0 Å². The topological polar surface area (TPSA) is 23.8 Å². The number of nitriles is 1. The monoisotopic (exact) mass is 307 g/mol. The van der Waals surface area contributed by atoms with Crippen molar-refractivity contribution in [3.63, 3.8) is 0 Å². The van der Waals surface area contributed by atoms with Gasteiger partial charge in [0.05, 0.1) is 11.6 Å². The number of terminal acetylenes is 1. The fourth-order valence-electron chi connectivity index (χ4n) is 2.81. The van der Waals surface area contributed by atoms with E-state index in [2.05, 4.69) is 50.1 Å². The van der Waals surface area contributed by atoms with Crippen LogP contribution >= 0.6 is 0 Å². The van der Waals surface area contributed by atoms with E-state index in [0.717, 1.165) is 16.7 Å². The molecule has 0 unspecified atom stereocenters. The summed E-state index contributed by atoms with van der Waals surface area (Å²) in [7, 11) is 0. The number of benzene rings is 3. The van der Waals surface area contributed by atoms with Crippen LogP contribution in [0.3, 0.4) is 0 Å². The van der Waals surface area contributed by atoms with Gasteiger partial charge in [0.2, 0.25) is 0 Å². The minimum Gasteiger partial charge on any atom is -0.192 e. The quantitative estimate of drug-likeness (QED) is 0.574. The first-order valence-corrected chi connectivity index (χ1v) is 7.81. The van der Waals surface area contributed by atoms with Crippen LogP contribution in [0.4, 0.5) is 0 Å². The highest BCUT2D eigenvalue weighted by atomic mass is 14.2. The lowest BCUT2D eigenvalue weighted by Gasteiger charge is -2.13. The van der Waals surface area contributed by atoms with E-state index >= 15 is 0 Å². The molecule has 0 aromatic heterocycles. The SMILES string of the molecule is C#Cc1ccc(-c2cc(C)c(C)c(-c3ccc(C#N)cc3)c2)cc1. The third-order valence-corrected chi connectivity index (χ3v) is 4.38. The van der Waals surface area contributed by atoms with Gasteiger partial charge in [-0.15, -0.1) is 6.42 Å². The molecule has 0 bridgehead atoms. The van der Waals surface area contributed by atoms with Gasteiger partial charge in [0.15, 0.2) is 0 Å². The highest BCUT2D eigenvalue weighted by Gasteiger charge is 2.08. The fraction of sp³-hybridized carbons (Fsp3) is 0.0870. The van der Waals surface area contributed by atoms with Crippen molar-refractivity contribution in [3.05, 3.63) is 82.9 Å². The van der Waals surface area contributed by atoms with E-state index in [9.17, 15) is 0 Å². The maximum Gasteiger partial charge on any atom is 0.0991 e. The molecule has 114 valence electrons. The second-order valence-electron chi connectivity index (χ2n) is 5.88. The van der Waals surface area contributed by atoms with Gasteiger partial charge in [-0.1, -0.05) is 36.3 Å². The zero-order chi connectivity index (χ0) is 17.1. The van der Waals surface area contributed by atoms with Crippen LogP contribution in [0.5, 0.6) is 0 Å². The average molecular weight is 307 g/mol. The number of hydrogen-bond donors (Lipinski definition) is 0. The van der Waals surface area contributed by atoms with Crippen LogP contribution in [0.15, 0.2) is 60.7 Å². The molecule has 1 heteroatoms. The highest BCUT2D eigenvalue weighted by molar-refractivity contribution is 5.77. The lowest BCUT2D eigenvalue weighted by atomic mass is 9.91. The summed E-state index contributed by atoms with van der Waals surface area (Å²) in [5, 5.41) is 8.97. The zero-order valence-corrected chi connectivity index (χ0v) is 13.8. The summed E-state index contributed by atoms with van der Waals surface area (Å²) < 4.78 is 0. The van der Waals surface area contributed by atoms with E-state index < -0.39 is 0 Å². The summed E-state index contributed by atoms with van der Waals surface area (Å²) in [6.07, 6.45) is 5.43. The second-order valence-corrected chi connectivity index (χ2v) is 5.88.